The molecule has 2 rings (SSSR count). The van der Waals surface area contributed by atoms with Crippen molar-refractivity contribution < 1.29 is 14.7 Å². The second kappa shape index (κ2) is 3.47. The first-order chi connectivity index (χ1) is 7.07. The van der Waals surface area contributed by atoms with E-state index in [0.29, 0.717) is 0 Å². The molecule has 5 nitrogen and oxygen atoms in total. The van der Waals surface area contributed by atoms with E-state index in [1.165, 1.54) is 0 Å². The Morgan fingerprint density at radius 2 is 2.20 bits per heavy atom. The van der Waals surface area contributed by atoms with E-state index in [9.17, 15) is 0 Å². The molecular formula is C10H14N2O3. The maximum absolute atomic E-state index is 8.80. The van der Waals surface area contributed by atoms with Crippen molar-refractivity contribution in [2.24, 2.45) is 11.1 Å². The molecule has 2 fully saturated rings. The van der Waals surface area contributed by atoms with Crippen LogP contribution < -0.4 is 0 Å². The molecule has 0 aromatic rings. The summed E-state index contributed by atoms with van der Waals surface area (Å²) in [5, 5.41) is 20.5. The van der Waals surface area contributed by atoms with E-state index in [2.05, 4.69) is 5.16 Å². The van der Waals surface area contributed by atoms with Crippen LogP contribution in [0.25, 0.3) is 0 Å². The maximum atomic E-state index is 8.80. The number of nitrogens with zero attached hydrogens (tertiary/aromatic N) is 2. The predicted octanol–water partition coefficient (Wildman–Crippen LogP) is 1.27. The molecule has 1 saturated heterocycles. The topological polar surface area (TPSA) is 74.8 Å². The average Bonchev–Trinajstić information content (AvgIpc) is 2.64. The van der Waals surface area contributed by atoms with Crippen LogP contribution in [0.2, 0.25) is 0 Å². The number of ether oxygens (including phenoxy) is 2. The quantitative estimate of drug-likeness (QED) is 0.402. The molecule has 0 bridgehead atoms. The van der Waals surface area contributed by atoms with Gasteiger partial charge in [-0.15, -0.1) is 0 Å². The summed E-state index contributed by atoms with van der Waals surface area (Å²) in [4.78, 5) is 0. The standard InChI is InChI=1S/C10H14N2O3/c1-10(2)14-8-4-3-6(9(8)15-10)7(5-11)12-13/h6,8-9,13H,3-4H2,1-2H3/b12-7+/t6-,8-,9+/m0/s1. The molecule has 0 unspecified atom stereocenters. The number of rotatable bonds is 1. The SMILES string of the molecule is CC1(C)O[C@H]2[C@H](CC[C@H]2/C(C#N)=N/O)O1. The van der Waals surface area contributed by atoms with Gasteiger partial charge in [0.05, 0.1) is 12.2 Å². The van der Waals surface area contributed by atoms with Gasteiger partial charge in [0.1, 0.15) is 6.07 Å². The normalized spacial score (nSPS) is 38.7. The molecule has 2 aliphatic rings. The Morgan fingerprint density at radius 1 is 1.47 bits per heavy atom. The van der Waals surface area contributed by atoms with Gasteiger partial charge >= 0.3 is 0 Å². The molecular weight excluding hydrogens is 196 g/mol. The Bertz CT molecular complexity index is 332. The van der Waals surface area contributed by atoms with Gasteiger partial charge in [-0.2, -0.15) is 5.26 Å². The first kappa shape index (κ1) is 10.4. The second-order valence-corrected chi connectivity index (χ2v) is 4.42. The molecule has 15 heavy (non-hydrogen) atoms. The number of nitriles is 1. The molecule has 0 amide bonds. The van der Waals surface area contributed by atoms with E-state index in [1.807, 2.05) is 19.9 Å². The minimum atomic E-state index is -0.593. The summed E-state index contributed by atoms with van der Waals surface area (Å²) in [6.45, 7) is 3.70. The highest BCUT2D eigenvalue weighted by Crippen LogP contribution is 2.41. The van der Waals surface area contributed by atoms with Gasteiger partial charge < -0.3 is 14.7 Å². The summed E-state index contributed by atoms with van der Waals surface area (Å²) >= 11 is 0. The fraction of sp³-hybridized carbons (Fsp3) is 0.800. The van der Waals surface area contributed by atoms with E-state index in [4.69, 9.17) is 19.9 Å². The molecule has 5 heteroatoms. The zero-order chi connectivity index (χ0) is 11.1. The zero-order valence-electron chi connectivity index (χ0n) is 8.80. The van der Waals surface area contributed by atoms with E-state index in [0.717, 1.165) is 12.8 Å². The van der Waals surface area contributed by atoms with Crippen molar-refractivity contribution in [2.45, 2.75) is 44.7 Å². The number of oxime groups is 1. The number of hydrogen-bond acceptors (Lipinski definition) is 5. The summed E-state index contributed by atoms with van der Waals surface area (Å²) in [5.41, 5.74) is 0.142. The summed E-state index contributed by atoms with van der Waals surface area (Å²) in [5.74, 6) is -0.726. The van der Waals surface area contributed by atoms with E-state index < -0.39 is 5.79 Å². The lowest BCUT2D eigenvalue weighted by Crippen LogP contribution is -2.29. The van der Waals surface area contributed by atoms with Gasteiger partial charge in [0.15, 0.2) is 11.5 Å². The molecule has 0 aromatic heterocycles. The average molecular weight is 210 g/mol. The van der Waals surface area contributed by atoms with Gasteiger partial charge in [-0.05, 0) is 26.7 Å². The molecule has 82 valence electrons. The van der Waals surface area contributed by atoms with Crippen LogP contribution in [0, 0.1) is 17.2 Å². The van der Waals surface area contributed by atoms with Gasteiger partial charge in [-0.1, -0.05) is 5.16 Å². The zero-order valence-corrected chi connectivity index (χ0v) is 8.80. The van der Waals surface area contributed by atoms with Crippen LogP contribution in [-0.4, -0.2) is 28.9 Å². The first-order valence-electron chi connectivity index (χ1n) is 5.05. The smallest absolute Gasteiger partial charge is 0.163 e. The Kier molecular flexibility index (Phi) is 2.41. The van der Waals surface area contributed by atoms with Crippen LogP contribution in [0.4, 0.5) is 0 Å². The van der Waals surface area contributed by atoms with Crippen LogP contribution >= 0.6 is 0 Å². The van der Waals surface area contributed by atoms with Crippen LogP contribution in [0.3, 0.4) is 0 Å². The fourth-order valence-electron chi connectivity index (χ4n) is 2.41. The Morgan fingerprint density at radius 3 is 2.80 bits per heavy atom. The molecule has 1 saturated carbocycles. The molecule has 0 radical (unpaired) electrons. The van der Waals surface area contributed by atoms with Gasteiger partial charge in [0.25, 0.3) is 0 Å². The molecule has 3 atom stereocenters. The lowest BCUT2D eigenvalue weighted by Gasteiger charge is -2.20. The van der Waals surface area contributed by atoms with E-state index in [-0.39, 0.29) is 23.8 Å². The van der Waals surface area contributed by atoms with E-state index in [1.54, 1.807) is 0 Å². The molecule has 0 spiro atoms. The second-order valence-electron chi connectivity index (χ2n) is 4.42. The van der Waals surface area contributed by atoms with Gasteiger partial charge in [0.2, 0.25) is 0 Å². The van der Waals surface area contributed by atoms with Gasteiger partial charge in [0, 0.05) is 5.92 Å². The van der Waals surface area contributed by atoms with Crippen molar-refractivity contribution in [3.05, 3.63) is 0 Å². The lowest BCUT2D eigenvalue weighted by atomic mass is 10.00. The Balaban J connectivity index is 2.16. The van der Waals surface area contributed by atoms with Crippen molar-refractivity contribution >= 4 is 5.71 Å². The molecule has 1 heterocycles. The molecule has 1 aliphatic heterocycles. The number of fused-ring (bicyclic) bond motifs is 1. The third-order valence-corrected chi connectivity index (χ3v) is 2.95. The summed E-state index contributed by atoms with van der Waals surface area (Å²) in [6.07, 6.45) is 1.50. The van der Waals surface area contributed by atoms with Crippen molar-refractivity contribution in [1.29, 1.82) is 5.26 Å². The minimum absolute atomic E-state index is 0.0232. The van der Waals surface area contributed by atoms with Gasteiger partial charge in [-0.25, -0.2) is 0 Å². The molecule has 1 N–H and O–H groups in total. The highest BCUT2D eigenvalue weighted by Gasteiger charge is 2.50. The summed E-state index contributed by atoms with van der Waals surface area (Å²) < 4.78 is 11.4. The van der Waals surface area contributed by atoms with Crippen LogP contribution in [0.5, 0.6) is 0 Å². The van der Waals surface area contributed by atoms with Crippen molar-refractivity contribution in [3.8, 4) is 6.07 Å². The van der Waals surface area contributed by atoms with Crippen LogP contribution in [-0.2, 0) is 9.47 Å². The molecule has 1 aliphatic carbocycles. The van der Waals surface area contributed by atoms with Crippen molar-refractivity contribution in [3.63, 3.8) is 0 Å². The monoisotopic (exact) mass is 210 g/mol. The van der Waals surface area contributed by atoms with E-state index >= 15 is 0 Å². The predicted molar refractivity (Wildman–Crippen MR) is 51.4 cm³/mol. The van der Waals surface area contributed by atoms with Crippen molar-refractivity contribution in [1.82, 2.24) is 0 Å². The highest BCUT2D eigenvalue weighted by atomic mass is 16.8. The largest absolute Gasteiger partial charge is 0.410 e. The maximum Gasteiger partial charge on any atom is 0.163 e. The summed E-state index contributed by atoms with van der Waals surface area (Å²) in [7, 11) is 0. The number of hydrogen-bond donors (Lipinski definition) is 1. The van der Waals surface area contributed by atoms with Crippen LogP contribution in [0.1, 0.15) is 26.7 Å². The van der Waals surface area contributed by atoms with Crippen molar-refractivity contribution in [2.75, 3.05) is 0 Å². The third-order valence-electron chi connectivity index (χ3n) is 2.95. The fourth-order valence-corrected chi connectivity index (χ4v) is 2.41. The van der Waals surface area contributed by atoms with Crippen LogP contribution in [0.15, 0.2) is 5.16 Å². The first-order valence-corrected chi connectivity index (χ1v) is 5.05. The highest BCUT2D eigenvalue weighted by molar-refractivity contribution is 6.00. The van der Waals surface area contributed by atoms with Gasteiger partial charge in [-0.3, -0.25) is 0 Å². The Labute approximate surface area is 88.3 Å². The summed E-state index contributed by atoms with van der Waals surface area (Å²) in [6, 6.07) is 1.90. The Hall–Kier alpha value is -1.12. The third kappa shape index (κ3) is 1.71. The lowest BCUT2D eigenvalue weighted by molar-refractivity contribution is -0.153. The minimum Gasteiger partial charge on any atom is -0.410 e. The molecule has 0 aromatic carbocycles.